The van der Waals surface area contributed by atoms with Gasteiger partial charge in [-0.2, -0.15) is 0 Å². The van der Waals surface area contributed by atoms with Crippen molar-refractivity contribution in [3.05, 3.63) is 76.5 Å². The summed E-state index contributed by atoms with van der Waals surface area (Å²) in [4.78, 5) is 16.9. The smallest absolute Gasteiger partial charge is 0.289 e. The van der Waals surface area contributed by atoms with Gasteiger partial charge in [0.05, 0.1) is 10.6 Å². The second-order valence-corrected chi connectivity index (χ2v) is 9.57. The monoisotopic (exact) mass is 515 g/mol. The van der Waals surface area contributed by atoms with E-state index in [-0.39, 0.29) is 29.1 Å². The van der Waals surface area contributed by atoms with Crippen LogP contribution in [0.25, 0.3) is 11.3 Å². The van der Waals surface area contributed by atoms with Gasteiger partial charge >= 0.3 is 0 Å². The van der Waals surface area contributed by atoms with Gasteiger partial charge in [-0.25, -0.2) is 8.78 Å². The fourth-order valence-electron chi connectivity index (χ4n) is 4.65. The summed E-state index contributed by atoms with van der Waals surface area (Å²) in [5.41, 5.74) is 1.08. The first-order chi connectivity index (χ1) is 17.5. The van der Waals surface area contributed by atoms with Gasteiger partial charge in [0, 0.05) is 32.7 Å². The van der Waals surface area contributed by atoms with E-state index in [0.717, 1.165) is 49.9 Å². The molecule has 2 aliphatic heterocycles. The van der Waals surface area contributed by atoms with E-state index < -0.39 is 11.6 Å². The van der Waals surface area contributed by atoms with Crippen LogP contribution in [0.4, 0.5) is 8.78 Å². The molecule has 1 amide bonds. The lowest BCUT2D eigenvalue weighted by molar-refractivity contribution is 0.0598. The van der Waals surface area contributed by atoms with Gasteiger partial charge in [-0.05, 0) is 67.9 Å². The lowest BCUT2D eigenvalue weighted by Gasteiger charge is -2.34. The van der Waals surface area contributed by atoms with E-state index in [1.165, 1.54) is 24.3 Å². The molecule has 6 nitrogen and oxygen atoms in total. The highest BCUT2D eigenvalue weighted by Crippen LogP contribution is 2.29. The van der Waals surface area contributed by atoms with Gasteiger partial charge < -0.3 is 19.4 Å². The number of nitrogens with zero attached hydrogens (tertiary/aromatic N) is 2. The third kappa shape index (κ3) is 5.56. The number of amides is 1. The van der Waals surface area contributed by atoms with Crippen molar-refractivity contribution in [1.29, 1.82) is 0 Å². The van der Waals surface area contributed by atoms with Gasteiger partial charge in [0.2, 0.25) is 0 Å². The molecule has 1 N–H and O–H groups in total. The molecule has 1 aromatic heterocycles. The number of carbonyl (C=O) groups excluding carboxylic acids is 1. The number of benzene rings is 2. The average molecular weight is 516 g/mol. The molecule has 0 unspecified atom stereocenters. The fourth-order valence-corrected chi connectivity index (χ4v) is 4.89. The highest BCUT2D eigenvalue weighted by molar-refractivity contribution is 6.32. The van der Waals surface area contributed by atoms with Crippen LogP contribution in [0.1, 0.15) is 29.0 Å². The Bertz CT molecular complexity index is 1220. The number of halogens is 3. The number of piperazine rings is 1. The molecular formula is C27H28ClF2N3O3. The minimum absolute atomic E-state index is 0.00954. The van der Waals surface area contributed by atoms with Crippen molar-refractivity contribution >= 4 is 17.5 Å². The number of hydrogen-bond donors (Lipinski definition) is 1. The number of furan rings is 1. The van der Waals surface area contributed by atoms with Crippen molar-refractivity contribution in [3.8, 4) is 17.1 Å². The summed E-state index contributed by atoms with van der Waals surface area (Å²) in [6.07, 6.45) is 2.14. The first kappa shape index (κ1) is 24.7. The molecule has 0 spiro atoms. The van der Waals surface area contributed by atoms with E-state index in [1.807, 2.05) is 18.2 Å². The lowest BCUT2D eigenvalue weighted by atomic mass is 10.1. The average Bonchev–Trinajstić information content (AvgIpc) is 3.38. The molecule has 5 rings (SSSR count). The van der Waals surface area contributed by atoms with E-state index in [1.54, 1.807) is 4.90 Å². The van der Waals surface area contributed by atoms with E-state index in [2.05, 4.69) is 10.2 Å². The molecule has 2 fully saturated rings. The minimum Gasteiger partial charge on any atom is -0.489 e. The number of ether oxygens (including phenoxy) is 1. The molecule has 0 atom stereocenters. The lowest BCUT2D eigenvalue weighted by Crippen LogP contribution is -2.48. The zero-order chi connectivity index (χ0) is 25.1. The van der Waals surface area contributed by atoms with Crippen LogP contribution in [0.5, 0.6) is 5.75 Å². The molecule has 190 valence electrons. The predicted molar refractivity (Wildman–Crippen MR) is 133 cm³/mol. The Labute approximate surface area is 213 Å². The van der Waals surface area contributed by atoms with Crippen LogP contribution in [0, 0.1) is 11.6 Å². The van der Waals surface area contributed by atoms with Gasteiger partial charge in [0.15, 0.2) is 17.4 Å². The second-order valence-electron chi connectivity index (χ2n) is 9.17. The number of nitrogens with one attached hydrogen (secondary N) is 1. The van der Waals surface area contributed by atoms with E-state index in [9.17, 15) is 13.6 Å². The van der Waals surface area contributed by atoms with Crippen LogP contribution < -0.4 is 10.1 Å². The molecule has 0 radical (unpaired) electrons. The summed E-state index contributed by atoms with van der Waals surface area (Å²) in [7, 11) is 0. The topological polar surface area (TPSA) is 58.0 Å². The van der Waals surface area contributed by atoms with Crippen LogP contribution in [0.2, 0.25) is 5.02 Å². The van der Waals surface area contributed by atoms with E-state index in [4.69, 9.17) is 20.8 Å². The Balaban J connectivity index is 1.15. The molecule has 2 aliphatic rings. The van der Waals surface area contributed by atoms with Gasteiger partial charge in [-0.1, -0.05) is 23.7 Å². The summed E-state index contributed by atoms with van der Waals surface area (Å²) in [5.74, 6) is -1.26. The number of carbonyl (C=O) groups is 1. The molecule has 3 heterocycles. The number of hydrogen-bond acceptors (Lipinski definition) is 5. The molecule has 2 aromatic carbocycles. The van der Waals surface area contributed by atoms with Crippen molar-refractivity contribution < 1.29 is 22.7 Å². The Kier molecular flexibility index (Phi) is 7.55. The van der Waals surface area contributed by atoms with Crippen LogP contribution in [0.3, 0.4) is 0 Å². The van der Waals surface area contributed by atoms with E-state index >= 15 is 0 Å². The molecule has 0 saturated carbocycles. The van der Waals surface area contributed by atoms with Crippen molar-refractivity contribution in [2.45, 2.75) is 25.5 Å². The van der Waals surface area contributed by atoms with Crippen molar-refractivity contribution in [2.24, 2.45) is 0 Å². The summed E-state index contributed by atoms with van der Waals surface area (Å²) < 4.78 is 39.3. The maximum atomic E-state index is 14.1. The SMILES string of the molecule is O=C(c1ccc(-c2cccc(F)c2F)o1)N1CCN(Cc2ccc(OC3CCNCC3)c(Cl)c2)CC1. The number of rotatable bonds is 6. The normalized spacial score (nSPS) is 17.4. The Morgan fingerprint density at radius 3 is 2.58 bits per heavy atom. The highest BCUT2D eigenvalue weighted by atomic mass is 35.5. The number of piperidine rings is 1. The molecule has 36 heavy (non-hydrogen) atoms. The minimum atomic E-state index is -0.995. The summed E-state index contributed by atoms with van der Waals surface area (Å²) in [6.45, 7) is 5.11. The third-order valence-electron chi connectivity index (χ3n) is 6.68. The Morgan fingerprint density at radius 2 is 1.83 bits per heavy atom. The summed E-state index contributed by atoms with van der Waals surface area (Å²) in [5, 5.41) is 3.94. The maximum absolute atomic E-state index is 14.1. The van der Waals surface area contributed by atoms with Crippen molar-refractivity contribution in [1.82, 2.24) is 15.1 Å². The quantitative estimate of drug-likeness (QED) is 0.502. The first-order valence-electron chi connectivity index (χ1n) is 12.2. The van der Waals surface area contributed by atoms with Gasteiger partial charge in [-0.15, -0.1) is 0 Å². The summed E-state index contributed by atoms with van der Waals surface area (Å²) >= 11 is 6.50. The molecule has 2 saturated heterocycles. The summed E-state index contributed by atoms with van der Waals surface area (Å²) in [6, 6.07) is 12.8. The zero-order valence-electron chi connectivity index (χ0n) is 19.8. The fraction of sp³-hybridized carbons (Fsp3) is 0.370. The van der Waals surface area contributed by atoms with Gasteiger partial charge in [-0.3, -0.25) is 9.69 Å². The predicted octanol–water partition coefficient (Wildman–Crippen LogP) is 4.97. The molecule has 0 aliphatic carbocycles. The standard InChI is InChI=1S/C27H28ClF2N3O3/c28-21-16-18(4-5-24(21)35-19-8-10-31-11-9-19)17-32-12-14-33(15-13-32)27(34)25-7-6-23(36-25)20-2-1-3-22(29)26(20)30/h1-7,16,19,31H,8-15,17H2. The highest BCUT2D eigenvalue weighted by Gasteiger charge is 2.25. The Hall–Kier alpha value is -2.94. The largest absolute Gasteiger partial charge is 0.489 e. The molecule has 3 aromatic rings. The molecule has 9 heteroatoms. The third-order valence-corrected chi connectivity index (χ3v) is 6.97. The van der Waals surface area contributed by atoms with Crippen molar-refractivity contribution in [2.75, 3.05) is 39.3 Å². The zero-order valence-corrected chi connectivity index (χ0v) is 20.6. The first-order valence-corrected chi connectivity index (χ1v) is 12.6. The Morgan fingerprint density at radius 1 is 1.06 bits per heavy atom. The second kappa shape index (κ2) is 11.0. The van der Waals surface area contributed by atoms with Crippen LogP contribution in [-0.4, -0.2) is 61.1 Å². The van der Waals surface area contributed by atoms with Crippen LogP contribution in [-0.2, 0) is 6.54 Å². The maximum Gasteiger partial charge on any atom is 0.289 e. The van der Waals surface area contributed by atoms with Crippen LogP contribution in [0.15, 0.2) is 52.9 Å². The van der Waals surface area contributed by atoms with Crippen molar-refractivity contribution in [3.63, 3.8) is 0 Å². The van der Waals surface area contributed by atoms with Gasteiger partial charge in [0.1, 0.15) is 17.6 Å². The molecular weight excluding hydrogens is 488 g/mol. The molecule has 0 bridgehead atoms. The van der Waals surface area contributed by atoms with E-state index in [0.29, 0.717) is 31.2 Å². The van der Waals surface area contributed by atoms with Crippen LogP contribution >= 0.6 is 11.6 Å². The van der Waals surface area contributed by atoms with Gasteiger partial charge in [0.25, 0.3) is 5.91 Å².